The summed E-state index contributed by atoms with van der Waals surface area (Å²) in [6.07, 6.45) is 4.29. The van der Waals surface area contributed by atoms with Crippen LogP contribution < -0.4 is 4.74 Å². The smallest absolute Gasteiger partial charge is 0.229 e. The highest BCUT2D eigenvalue weighted by Gasteiger charge is 2.27. The molecule has 4 nitrogen and oxygen atoms in total. The third-order valence-corrected chi connectivity index (χ3v) is 4.68. The standard InChI is InChI=1S/C16H18Cl3NO3/c17-11-9-13(19)14(10-12(11)18)23-8-4-2-1-3-7-20-15(21)5-6-16(20)22/h9-10H,1-8H2. The van der Waals surface area contributed by atoms with E-state index in [1.165, 1.54) is 4.90 Å². The van der Waals surface area contributed by atoms with E-state index in [1.54, 1.807) is 12.1 Å². The van der Waals surface area contributed by atoms with Crippen molar-refractivity contribution < 1.29 is 14.3 Å². The van der Waals surface area contributed by atoms with E-state index in [1.807, 2.05) is 0 Å². The second-order valence-corrected chi connectivity index (χ2v) is 6.62. The molecule has 2 amide bonds. The zero-order valence-corrected chi connectivity index (χ0v) is 14.9. The number of rotatable bonds is 8. The number of hydrogen-bond acceptors (Lipinski definition) is 3. The van der Waals surface area contributed by atoms with Crippen LogP contribution in [0.1, 0.15) is 38.5 Å². The van der Waals surface area contributed by atoms with Crippen molar-refractivity contribution in [2.45, 2.75) is 38.5 Å². The molecular formula is C16H18Cl3NO3. The molecule has 126 valence electrons. The van der Waals surface area contributed by atoms with Crippen LogP contribution >= 0.6 is 34.8 Å². The molecule has 1 saturated heterocycles. The van der Waals surface area contributed by atoms with Crippen LogP contribution in [0.25, 0.3) is 0 Å². The average molecular weight is 379 g/mol. The lowest BCUT2D eigenvalue weighted by Crippen LogP contribution is -2.29. The Balaban J connectivity index is 1.60. The predicted octanol–water partition coefficient (Wildman–Crippen LogP) is 4.74. The Kier molecular flexibility index (Phi) is 7.00. The van der Waals surface area contributed by atoms with Gasteiger partial charge in [0.2, 0.25) is 11.8 Å². The van der Waals surface area contributed by atoms with Gasteiger partial charge in [0.1, 0.15) is 5.75 Å². The quantitative estimate of drug-likeness (QED) is 0.373. The number of hydrogen-bond donors (Lipinski definition) is 0. The van der Waals surface area contributed by atoms with Gasteiger partial charge < -0.3 is 4.74 Å². The third kappa shape index (κ3) is 5.27. The monoisotopic (exact) mass is 377 g/mol. The van der Waals surface area contributed by atoms with Gasteiger partial charge in [0.25, 0.3) is 0 Å². The molecular weight excluding hydrogens is 361 g/mol. The molecule has 1 fully saturated rings. The van der Waals surface area contributed by atoms with Crippen LogP contribution in [0, 0.1) is 0 Å². The fourth-order valence-electron chi connectivity index (χ4n) is 2.39. The summed E-state index contributed by atoms with van der Waals surface area (Å²) in [6, 6.07) is 3.17. The number of amides is 2. The first-order chi connectivity index (χ1) is 11.0. The van der Waals surface area contributed by atoms with Crippen molar-refractivity contribution in [2.24, 2.45) is 0 Å². The molecule has 1 aliphatic heterocycles. The van der Waals surface area contributed by atoms with E-state index in [4.69, 9.17) is 39.5 Å². The van der Waals surface area contributed by atoms with E-state index in [-0.39, 0.29) is 11.8 Å². The van der Waals surface area contributed by atoms with Crippen LogP contribution in [0.4, 0.5) is 0 Å². The molecule has 0 aromatic heterocycles. The highest BCUT2D eigenvalue weighted by Crippen LogP contribution is 2.33. The minimum absolute atomic E-state index is 0.0485. The molecule has 1 aliphatic rings. The number of carbonyl (C=O) groups is 2. The Labute approximate surface area is 150 Å². The average Bonchev–Trinajstić information content (AvgIpc) is 2.82. The summed E-state index contributed by atoms with van der Waals surface area (Å²) in [7, 11) is 0. The fourth-order valence-corrected chi connectivity index (χ4v) is 2.99. The van der Waals surface area contributed by atoms with Crippen LogP contribution in [-0.4, -0.2) is 29.9 Å². The Morgan fingerprint density at radius 2 is 1.48 bits per heavy atom. The fraction of sp³-hybridized carbons (Fsp3) is 0.500. The number of imide groups is 1. The van der Waals surface area contributed by atoms with E-state index in [0.29, 0.717) is 46.8 Å². The zero-order chi connectivity index (χ0) is 16.8. The molecule has 0 N–H and O–H groups in total. The van der Waals surface area contributed by atoms with Gasteiger partial charge in [-0.3, -0.25) is 14.5 Å². The third-order valence-electron chi connectivity index (χ3n) is 3.66. The summed E-state index contributed by atoms with van der Waals surface area (Å²) in [5, 5.41) is 1.24. The summed E-state index contributed by atoms with van der Waals surface area (Å²) in [5.41, 5.74) is 0. The summed E-state index contributed by atoms with van der Waals surface area (Å²) in [5.74, 6) is 0.425. The maximum absolute atomic E-state index is 11.4. The zero-order valence-electron chi connectivity index (χ0n) is 12.6. The van der Waals surface area contributed by atoms with Crippen molar-refractivity contribution in [3.8, 4) is 5.75 Å². The van der Waals surface area contributed by atoms with Crippen LogP contribution in [0.15, 0.2) is 12.1 Å². The molecule has 1 heterocycles. The van der Waals surface area contributed by atoms with Crippen LogP contribution in [0.5, 0.6) is 5.75 Å². The van der Waals surface area contributed by atoms with E-state index in [9.17, 15) is 9.59 Å². The number of benzene rings is 1. The molecule has 0 bridgehead atoms. The lowest BCUT2D eigenvalue weighted by atomic mass is 10.2. The van der Waals surface area contributed by atoms with Crippen molar-refractivity contribution in [3.05, 3.63) is 27.2 Å². The van der Waals surface area contributed by atoms with Crippen LogP contribution in [0.3, 0.4) is 0 Å². The van der Waals surface area contributed by atoms with Crippen molar-refractivity contribution in [1.29, 1.82) is 0 Å². The summed E-state index contributed by atoms with van der Waals surface area (Å²) >= 11 is 17.8. The van der Waals surface area contributed by atoms with E-state index < -0.39 is 0 Å². The van der Waals surface area contributed by atoms with Crippen molar-refractivity contribution in [2.75, 3.05) is 13.2 Å². The molecule has 0 unspecified atom stereocenters. The molecule has 0 radical (unpaired) electrons. The van der Waals surface area contributed by atoms with Crippen molar-refractivity contribution >= 4 is 46.6 Å². The Morgan fingerprint density at radius 1 is 0.870 bits per heavy atom. The second-order valence-electron chi connectivity index (χ2n) is 5.40. The van der Waals surface area contributed by atoms with Crippen LogP contribution in [0.2, 0.25) is 15.1 Å². The first-order valence-electron chi connectivity index (χ1n) is 7.59. The van der Waals surface area contributed by atoms with Gasteiger partial charge in [0, 0.05) is 25.5 Å². The molecule has 0 spiro atoms. The topological polar surface area (TPSA) is 46.6 Å². The molecule has 23 heavy (non-hydrogen) atoms. The lowest BCUT2D eigenvalue weighted by Gasteiger charge is -2.13. The maximum Gasteiger partial charge on any atom is 0.229 e. The molecule has 1 aromatic rings. The largest absolute Gasteiger partial charge is 0.492 e. The van der Waals surface area contributed by atoms with Gasteiger partial charge in [-0.2, -0.15) is 0 Å². The normalized spacial score (nSPS) is 14.7. The molecule has 2 rings (SSSR count). The Bertz CT molecular complexity index is 576. The minimum atomic E-state index is -0.0485. The highest BCUT2D eigenvalue weighted by atomic mass is 35.5. The molecule has 7 heteroatoms. The van der Waals surface area contributed by atoms with Gasteiger partial charge in [-0.1, -0.05) is 47.6 Å². The van der Waals surface area contributed by atoms with Gasteiger partial charge in [-0.05, 0) is 18.9 Å². The number of unbranched alkanes of at least 4 members (excludes halogenated alkanes) is 3. The van der Waals surface area contributed by atoms with Crippen molar-refractivity contribution in [1.82, 2.24) is 4.90 Å². The maximum atomic E-state index is 11.4. The Morgan fingerprint density at radius 3 is 2.17 bits per heavy atom. The van der Waals surface area contributed by atoms with E-state index in [2.05, 4.69) is 0 Å². The molecule has 1 aromatic carbocycles. The first kappa shape index (κ1) is 18.4. The Hall–Kier alpha value is -0.970. The summed E-state index contributed by atoms with van der Waals surface area (Å²) in [6.45, 7) is 1.05. The minimum Gasteiger partial charge on any atom is -0.492 e. The number of nitrogens with zero attached hydrogens (tertiary/aromatic N) is 1. The van der Waals surface area contributed by atoms with Crippen LogP contribution in [-0.2, 0) is 9.59 Å². The molecule has 0 atom stereocenters. The van der Waals surface area contributed by atoms with E-state index >= 15 is 0 Å². The van der Waals surface area contributed by atoms with Gasteiger partial charge in [-0.15, -0.1) is 0 Å². The SMILES string of the molecule is O=C1CCC(=O)N1CCCCCCOc1cc(Cl)c(Cl)cc1Cl. The highest BCUT2D eigenvalue weighted by molar-refractivity contribution is 6.43. The van der Waals surface area contributed by atoms with Gasteiger partial charge in [0.05, 0.1) is 21.7 Å². The summed E-state index contributed by atoms with van der Waals surface area (Å²) in [4.78, 5) is 24.3. The van der Waals surface area contributed by atoms with Gasteiger partial charge >= 0.3 is 0 Å². The molecule has 0 saturated carbocycles. The molecule has 0 aliphatic carbocycles. The van der Waals surface area contributed by atoms with Gasteiger partial charge in [0.15, 0.2) is 0 Å². The number of halogens is 3. The van der Waals surface area contributed by atoms with Gasteiger partial charge in [-0.25, -0.2) is 0 Å². The number of ether oxygens (including phenoxy) is 1. The van der Waals surface area contributed by atoms with Crippen molar-refractivity contribution in [3.63, 3.8) is 0 Å². The summed E-state index contributed by atoms with van der Waals surface area (Å²) < 4.78 is 5.59. The lowest BCUT2D eigenvalue weighted by molar-refractivity contribution is -0.138. The number of likely N-dealkylation sites (tertiary alicyclic amines) is 1. The van der Waals surface area contributed by atoms with E-state index in [0.717, 1.165) is 25.7 Å². The first-order valence-corrected chi connectivity index (χ1v) is 8.73. The number of carbonyl (C=O) groups excluding carboxylic acids is 2. The second kappa shape index (κ2) is 8.76. The predicted molar refractivity (Wildman–Crippen MR) is 91.4 cm³/mol.